The van der Waals surface area contributed by atoms with Crippen molar-refractivity contribution in [2.75, 3.05) is 0 Å². The highest BCUT2D eigenvalue weighted by Crippen LogP contribution is 2.30. The first-order valence-corrected chi connectivity index (χ1v) is 5.03. The van der Waals surface area contributed by atoms with E-state index in [-0.39, 0.29) is 10.5 Å². The van der Waals surface area contributed by atoms with Crippen molar-refractivity contribution in [2.45, 2.75) is 11.8 Å². The fraction of sp³-hybridized carbons (Fsp3) is 0.125. The van der Waals surface area contributed by atoms with Gasteiger partial charge in [0.1, 0.15) is 5.82 Å². The van der Waals surface area contributed by atoms with Gasteiger partial charge in [-0.1, -0.05) is 6.07 Å². The van der Waals surface area contributed by atoms with Gasteiger partial charge >= 0.3 is 5.97 Å². The number of halogens is 2. The summed E-state index contributed by atoms with van der Waals surface area (Å²) in [5.74, 6) is -1.75. The fourth-order valence-corrected chi connectivity index (χ4v) is 1.82. The van der Waals surface area contributed by atoms with E-state index in [1.54, 1.807) is 6.92 Å². The Kier molecular flexibility index (Phi) is 3.17. The van der Waals surface area contributed by atoms with Crippen LogP contribution in [0.5, 0.6) is 0 Å². The number of benzene rings is 1. The Morgan fingerprint density at radius 3 is 2.69 bits per heavy atom. The first-order chi connectivity index (χ1) is 6.07. The second-order valence-corrected chi connectivity index (χ2v) is 3.48. The highest BCUT2D eigenvalue weighted by atomic mass is 35.7. The van der Waals surface area contributed by atoms with Gasteiger partial charge in [0, 0.05) is 0 Å². The predicted octanol–water partition coefficient (Wildman–Crippen LogP) is 3.08. The Bertz CT molecular complexity index is 354. The monoisotopic (exact) mass is 220 g/mol. The molecule has 0 radical (unpaired) electrons. The molecule has 0 bridgehead atoms. The molecule has 0 saturated carbocycles. The Morgan fingerprint density at radius 2 is 2.23 bits per heavy atom. The van der Waals surface area contributed by atoms with Crippen LogP contribution in [0.4, 0.5) is 4.39 Å². The van der Waals surface area contributed by atoms with E-state index in [0.29, 0.717) is 16.5 Å². The number of hydrogen-bond donors (Lipinski definition) is 1. The molecule has 1 rings (SSSR count). The molecule has 0 aliphatic carbocycles. The largest absolute Gasteiger partial charge is 0.478 e. The second-order valence-electron chi connectivity index (χ2n) is 2.46. The first-order valence-electron chi connectivity index (χ1n) is 3.39. The molecule has 1 aromatic rings. The minimum absolute atomic E-state index is 0.0332. The Hall–Kier alpha value is -0.740. The van der Waals surface area contributed by atoms with E-state index < -0.39 is 11.8 Å². The van der Waals surface area contributed by atoms with Gasteiger partial charge < -0.3 is 5.11 Å². The van der Waals surface area contributed by atoms with Gasteiger partial charge in [-0.15, -0.1) is 0 Å². The van der Waals surface area contributed by atoms with Gasteiger partial charge in [-0.3, -0.25) is 0 Å². The lowest BCUT2D eigenvalue weighted by atomic mass is 10.1. The minimum Gasteiger partial charge on any atom is -0.478 e. The summed E-state index contributed by atoms with van der Waals surface area (Å²) in [7, 11) is 5.95. The maximum Gasteiger partial charge on any atom is 0.336 e. The van der Waals surface area contributed by atoms with Gasteiger partial charge in [0.2, 0.25) is 0 Å². The van der Waals surface area contributed by atoms with Crippen LogP contribution < -0.4 is 0 Å². The van der Waals surface area contributed by atoms with Crippen LogP contribution in [-0.2, 0) is 0 Å². The summed E-state index contributed by atoms with van der Waals surface area (Å²) in [6.45, 7) is 1.55. The molecule has 0 saturated heterocycles. The van der Waals surface area contributed by atoms with Crippen molar-refractivity contribution in [3.05, 3.63) is 29.1 Å². The lowest BCUT2D eigenvalue weighted by Crippen LogP contribution is -2.01. The highest BCUT2D eigenvalue weighted by Gasteiger charge is 2.15. The standard InChI is InChI=1S/C8H6ClFO2S/c1-4-2-3-5(8(11)12)7(13-9)6(4)10/h2-3H,1H3,(H,11,12). The molecule has 0 spiro atoms. The fourth-order valence-electron chi connectivity index (χ4n) is 0.898. The van der Waals surface area contributed by atoms with Gasteiger partial charge in [0.05, 0.1) is 10.5 Å². The summed E-state index contributed by atoms with van der Waals surface area (Å²) in [4.78, 5) is 10.6. The zero-order valence-corrected chi connectivity index (χ0v) is 8.25. The van der Waals surface area contributed by atoms with E-state index in [2.05, 4.69) is 0 Å². The molecular weight excluding hydrogens is 215 g/mol. The molecule has 0 unspecified atom stereocenters. The van der Waals surface area contributed by atoms with Crippen LogP contribution in [0.1, 0.15) is 15.9 Å². The third kappa shape index (κ3) is 1.95. The number of hydrogen-bond acceptors (Lipinski definition) is 2. The Morgan fingerprint density at radius 1 is 1.62 bits per heavy atom. The summed E-state index contributed by atoms with van der Waals surface area (Å²) in [5, 5.41) is 8.67. The molecule has 1 aromatic carbocycles. The zero-order valence-electron chi connectivity index (χ0n) is 6.67. The van der Waals surface area contributed by atoms with Crippen LogP contribution in [0, 0.1) is 12.7 Å². The Labute approximate surface area is 83.2 Å². The van der Waals surface area contributed by atoms with Crippen molar-refractivity contribution in [2.24, 2.45) is 0 Å². The molecule has 1 N–H and O–H groups in total. The van der Waals surface area contributed by atoms with E-state index in [1.165, 1.54) is 12.1 Å². The molecule has 0 aliphatic heterocycles. The van der Waals surface area contributed by atoms with Crippen molar-refractivity contribution in [1.29, 1.82) is 0 Å². The van der Waals surface area contributed by atoms with Crippen LogP contribution in [0.3, 0.4) is 0 Å². The number of carboxylic acids is 1. The van der Waals surface area contributed by atoms with E-state index >= 15 is 0 Å². The topological polar surface area (TPSA) is 37.3 Å². The molecule has 2 nitrogen and oxygen atoms in total. The molecule has 13 heavy (non-hydrogen) atoms. The van der Waals surface area contributed by atoms with Crippen LogP contribution in [0.15, 0.2) is 17.0 Å². The van der Waals surface area contributed by atoms with Gasteiger partial charge in [-0.25, -0.2) is 9.18 Å². The number of aryl methyl sites for hydroxylation is 1. The van der Waals surface area contributed by atoms with Crippen LogP contribution in [0.2, 0.25) is 0 Å². The van der Waals surface area contributed by atoms with Crippen LogP contribution >= 0.6 is 21.7 Å². The number of rotatable bonds is 2. The second kappa shape index (κ2) is 3.98. The van der Waals surface area contributed by atoms with Gasteiger partial charge in [0.25, 0.3) is 0 Å². The molecule has 0 amide bonds. The summed E-state index contributed by atoms with van der Waals surface area (Å²) >= 11 is 0. The number of aromatic carboxylic acids is 1. The van der Waals surface area contributed by atoms with Gasteiger partial charge in [-0.2, -0.15) is 0 Å². The van der Waals surface area contributed by atoms with Crippen molar-refractivity contribution in [3.8, 4) is 0 Å². The average molecular weight is 221 g/mol. The molecule has 70 valence electrons. The maximum absolute atomic E-state index is 13.3. The van der Waals surface area contributed by atoms with Crippen molar-refractivity contribution in [1.82, 2.24) is 0 Å². The maximum atomic E-state index is 13.3. The van der Waals surface area contributed by atoms with Crippen molar-refractivity contribution >= 4 is 27.6 Å². The molecule has 0 fully saturated rings. The Balaban J connectivity index is 3.38. The summed E-state index contributed by atoms with van der Waals surface area (Å²) in [6.07, 6.45) is 0. The van der Waals surface area contributed by atoms with Crippen molar-refractivity contribution in [3.63, 3.8) is 0 Å². The van der Waals surface area contributed by atoms with Crippen LogP contribution in [-0.4, -0.2) is 11.1 Å². The summed E-state index contributed by atoms with van der Waals surface area (Å²) in [5.41, 5.74) is 0.274. The molecule has 0 aliphatic rings. The molecule has 0 atom stereocenters. The first kappa shape index (κ1) is 10.3. The number of carbonyl (C=O) groups is 1. The van der Waals surface area contributed by atoms with E-state index in [9.17, 15) is 9.18 Å². The third-order valence-corrected chi connectivity index (χ3v) is 2.61. The SMILES string of the molecule is Cc1ccc(C(=O)O)c(SCl)c1F. The van der Waals surface area contributed by atoms with Gasteiger partial charge in [-0.05, 0) is 40.2 Å². The molecule has 5 heteroatoms. The summed E-state index contributed by atoms with van der Waals surface area (Å²) in [6, 6.07) is 2.75. The average Bonchev–Trinajstić information content (AvgIpc) is 2.09. The lowest BCUT2D eigenvalue weighted by molar-refractivity contribution is 0.0692. The predicted molar refractivity (Wildman–Crippen MR) is 49.8 cm³/mol. The van der Waals surface area contributed by atoms with E-state index in [0.717, 1.165) is 0 Å². The summed E-state index contributed by atoms with van der Waals surface area (Å²) < 4.78 is 13.3. The molecular formula is C8H6ClFO2S. The van der Waals surface area contributed by atoms with E-state index in [4.69, 9.17) is 15.8 Å². The molecule has 0 heterocycles. The quantitative estimate of drug-likeness (QED) is 0.832. The number of carboxylic acid groups (broad SMARTS) is 1. The van der Waals surface area contributed by atoms with Gasteiger partial charge in [0.15, 0.2) is 0 Å². The normalized spacial score (nSPS) is 10.1. The van der Waals surface area contributed by atoms with E-state index in [1.807, 2.05) is 0 Å². The minimum atomic E-state index is -1.18. The molecule has 0 aromatic heterocycles. The lowest BCUT2D eigenvalue weighted by Gasteiger charge is -2.04. The zero-order chi connectivity index (χ0) is 10.0. The van der Waals surface area contributed by atoms with Crippen LogP contribution in [0.25, 0.3) is 0 Å². The third-order valence-electron chi connectivity index (χ3n) is 1.60. The highest BCUT2D eigenvalue weighted by molar-refractivity contribution is 8.21. The smallest absolute Gasteiger partial charge is 0.336 e. The van der Waals surface area contributed by atoms with Crippen molar-refractivity contribution < 1.29 is 14.3 Å².